The van der Waals surface area contributed by atoms with Gasteiger partial charge >= 0.3 is 0 Å². The summed E-state index contributed by atoms with van der Waals surface area (Å²) < 4.78 is 13.2. The second-order valence-electron chi connectivity index (χ2n) is 6.65. The number of allylic oxidation sites excluding steroid dienone is 1. The van der Waals surface area contributed by atoms with Gasteiger partial charge in [-0.05, 0) is 48.6 Å². The Morgan fingerprint density at radius 2 is 2.11 bits per heavy atom. The zero-order valence-electron chi connectivity index (χ0n) is 15.9. The van der Waals surface area contributed by atoms with Crippen molar-refractivity contribution in [3.8, 4) is 0 Å². The molecule has 0 amide bonds. The van der Waals surface area contributed by atoms with E-state index in [4.69, 9.17) is 11.6 Å². The van der Waals surface area contributed by atoms with Gasteiger partial charge in [-0.25, -0.2) is 14.4 Å². The number of pyridine rings is 2. The molecule has 28 heavy (non-hydrogen) atoms. The molecule has 0 bridgehead atoms. The lowest BCUT2D eigenvalue weighted by Crippen LogP contribution is -2.25. The Morgan fingerprint density at radius 3 is 2.79 bits per heavy atom. The van der Waals surface area contributed by atoms with Gasteiger partial charge in [-0.3, -0.25) is 4.98 Å². The van der Waals surface area contributed by atoms with E-state index in [0.717, 1.165) is 35.6 Å². The maximum absolute atomic E-state index is 13.2. The van der Waals surface area contributed by atoms with Crippen molar-refractivity contribution in [2.45, 2.75) is 33.2 Å². The second kappa shape index (κ2) is 9.46. The van der Waals surface area contributed by atoms with E-state index in [9.17, 15) is 4.39 Å². The van der Waals surface area contributed by atoms with Crippen LogP contribution in [0.5, 0.6) is 0 Å². The first-order chi connectivity index (χ1) is 13.5. The van der Waals surface area contributed by atoms with Crippen LogP contribution in [0.2, 0.25) is 0 Å². The summed E-state index contributed by atoms with van der Waals surface area (Å²) in [4.78, 5) is 12.8. The van der Waals surface area contributed by atoms with Crippen LogP contribution < -0.4 is 10.6 Å². The van der Waals surface area contributed by atoms with Crippen LogP contribution in [0.15, 0.2) is 64.8 Å². The molecule has 1 unspecified atom stereocenters. The Balaban J connectivity index is 1.56. The number of anilines is 1. The molecule has 0 fully saturated rings. The molecule has 0 saturated carbocycles. The number of aliphatic imine (C=N–C) groups is 1. The van der Waals surface area contributed by atoms with Crippen LogP contribution in [0.25, 0.3) is 0 Å². The first kappa shape index (κ1) is 20.0. The van der Waals surface area contributed by atoms with Crippen LogP contribution in [-0.2, 0) is 13.0 Å². The zero-order chi connectivity index (χ0) is 19.9. The summed E-state index contributed by atoms with van der Waals surface area (Å²) >= 11 is 5.89. The van der Waals surface area contributed by atoms with Crippen molar-refractivity contribution >= 4 is 23.3 Å². The first-order valence-electron chi connectivity index (χ1n) is 9.18. The fourth-order valence-electron chi connectivity index (χ4n) is 3.06. The molecule has 5 nitrogen and oxygen atoms in total. The van der Waals surface area contributed by atoms with Gasteiger partial charge < -0.3 is 10.6 Å². The van der Waals surface area contributed by atoms with Gasteiger partial charge in [0.25, 0.3) is 0 Å². The Bertz CT molecular complexity index is 901. The van der Waals surface area contributed by atoms with Crippen LogP contribution in [0, 0.1) is 11.7 Å². The van der Waals surface area contributed by atoms with Gasteiger partial charge in [-0.1, -0.05) is 24.6 Å². The van der Waals surface area contributed by atoms with Crippen LogP contribution in [0.1, 0.15) is 31.4 Å². The molecule has 0 aliphatic carbocycles. The largest absolute Gasteiger partial charge is 0.366 e. The predicted octanol–water partition coefficient (Wildman–Crippen LogP) is 4.78. The van der Waals surface area contributed by atoms with Crippen molar-refractivity contribution < 1.29 is 4.39 Å². The van der Waals surface area contributed by atoms with E-state index < -0.39 is 0 Å². The molecular formula is C21H23ClFN5. The van der Waals surface area contributed by atoms with E-state index in [1.807, 2.05) is 31.5 Å². The average Bonchev–Trinajstić information content (AvgIpc) is 3.07. The molecule has 0 saturated heterocycles. The molecule has 3 heterocycles. The zero-order valence-corrected chi connectivity index (χ0v) is 16.7. The summed E-state index contributed by atoms with van der Waals surface area (Å²) in [7, 11) is 0. The van der Waals surface area contributed by atoms with Gasteiger partial charge in [-0.15, -0.1) is 0 Å². The molecule has 2 aromatic heterocycles. The van der Waals surface area contributed by atoms with Crippen molar-refractivity contribution in [1.29, 1.82) is 0 Å². The summed E-state index contributed by atoms with van der Waals surface area (Å²) in [6, 6.07) is 5.43. The summed E-state index contributed by atoms with van der Waals surface area (Å²) in [5, 5.41) is 7.06. The highest BCUT2D eigenvalue weighted by Crippen LogP contribution is 2.26. The Morgan fingerprint density at radius 1 is 1.25 bits per heavy atom. The number of rotatable bonds is 7. The number of hydrogen-bond acceptors (Lipinski definition) is 5. The van der Waals surface area contributed by atoms with E-state index in [1.165, 1.54) is 17.8 Å². The lowest BCUT2D eigenvalue weighted by molar-refractivity contribution is 0.619. The molecule has 1 aliphatic rings. The maximum Gasteiger partial charge on any atom is 0.141 e. The highest BCUT2D eigenvalue weighted by atomic mass is 35.5. The van der Waals surface area contributed by atoms with E-state index in [2.05, 4.69) is 32.5 Å². The fraction of sp³-hybridized carbons (Fsp3) is 0.286. The number of halogens is 2. The molecule has 2 aromatic rings. The Hall–Kier alpha value is -2.73. The minimum absolute atomic E-state index is 0.255. The number of nitrogens with zero attached hydrogens (tertiary/aromatic N) is 3. The van der Waals surface area contributed by atoms with E-state index >= 15 is 0 Å². The van der Waals surface area contributed by atoms with Crippen LogP contribution >= 0.6 is 11.6 Å². The van der Waals surface area contributed by atoms with Gasteiger partial charge in [0.15, 0.2) is 0 Å². The maximum atomic E-state index is 13.2. The van der Waals surface area contributed by atoms with Crippen LogP contribution in [0.4, 0.5) is 10.2 Å². The first-order valence-corrected chi connectivity index (χ1v) is 9.56. The lowest BCUT2D eigenvalue weighted by Gasteiger charge is -2.16. The van der Waals surface area contributed by atoms with Gasteiger partial charge in [0, 0.05) is 42.3 Å². The number of hydrogen-bond donors (Lipinski definition) is 2. The van der Waals surface area contributed by atoms with Crippen molar-refractivity contribution in [1.82, 2.24) is 15.3 Å². The molecule has 1 aliphatic heterocycles. The lowest BCUT2D eigenvalue weighted by atomic mass is 9.92. The molecule has 0 radical (unpaired) electrons. The normalized spacial score (nSPS) is 16.6. The third-order valence-corrected chi connectivity index (χ3v) is 4.55. The molecule has 1 atom stereocenters. The molecule has 146 valence electrons. The number of aromatic nitrogens is 2. The minimum Gasteiger partial charge on any atom is -0.366 e. The Kier molecular flexibility index (Phi) is 6.76. The summed E-state index contributed by atoms with van der Waals surface area (Å²) in [5.41, 5.74) is 3.13. The predicted molar refractivity (Wildman–Crippen MR) is 112 cm³/mol. The summed E-state index contributed by atoms with van der Waals surface area (Å²) in [6.07, 6.45) is 10.1. The minimum atomic E-state index is -0.342. The highest BCUT2D eigenvalue weighted by molar-refractivity contribution is 6.29. The summed E-state index contributed by atoms with van der Waals surface area (Å²) in [5.74, 6) is 1.57. The molecule has 0 spiro atoms. The summed E-state index contributed by atoms with van der Waals surface area (Å²) in [6.45, 7) is 4.44. The second-order valence-corrected chi connectivity index (χ2v) is 7.24. The van der Waals surface area contributed by atoms with Crippen molar-refractivity contribution in [2.24, 2.45) is 10.9 Å². The molecule has 0 aromatic carbocycles. The molecule has 7 heteroatoms. The third kappa shape index (κ3) is 5.39. The smallest absolute Gasteiger partial charge is 0.141 e. The van der Waals surface area contributed by atoms with E-state index in [0.29, 0.717) is 11.6 Å². The molecule has 3 rings (SSSR count). The number of amidine groups is 1. The SMILES string of the molecule is CCC1C(Cc2ccc(NCc3cncc(F)c3)nc2)=CN=C1N/C=C(\C)Cl. The Labute approximate surface area is 169 Å². The van der Waals surface area contributed by atoms with Crippen molar-refractivity contribution in [3.05, 3.63) is 76.7 Å². The van der Waals surface area contributed by atoms with Crippen molar-refractivity contribution in [2.75, 3.05) is 5.32 Å². The quantitative estimate of drug-likeness (QED) is 0.703. The molecular weight excluding hydrogens is 377 g/mol. The third-order valence-electron chi connectivity index (χ3n) is 4.44. The van der Waals surface area contributed by atoms with E-state index in [1.54, 1.807) is 12.4 Å². The number of nitrogens with one attached hydrogen (secondary N) is 2. The van der Waals surface area contributed by atoms with Gasteiger partial charge in [0.2, 0.25) is 0 Å². The van der Waals surface area contributed by atoms with Crippen LogP contribution in [-0.4, -0.2) is 15.8 Å². The van der Waals surface area contributed by atoms with Crippen LogP contribution in [0.3, 0.4) is 0 Å². The fourth-order valence-corrected chi connectivity index (χ4v) is 3.11. The highest BCUT2D eigenvalue weighted by Gasteiger charge is 2.23. The van der Waals surface area contributed by atoms with E-state index in [-0.39, 0.29) is 11.7 Å². The standard InChI is InChI=1S/C21H23ClFN5/c1-3-19-17(12-28-21(19)27-8-14(2)22)6-15-4-5-20(25-10-15)26-11-16-7-18(23)13-24-9-16/h4-5,7-10,12-13,19H,3,6,11H2,1-2H3,(H,25,26)(H,27,28)/b14-8+. The van der Waals surface area contributed by atoms with Gasteiger partial charge in [-0.2, -0.15) is 0 Å². The average molecular weight is 400 g/mol. The molecule has 2 N–H and O–H groups in total. The monoisotopic (exact) mass is 399 g/mol. The topological polar surface area (TPSA) is 62.2 Å². The van der Waals surface area contributed by atoms with Gasteiger partial charge in [0.1, 0.15) is 17.5 Å². The van der Waals surface area contributed by atoms with Crippen molar-refractivity contribution in [3.63, 3.8) is 0 Å². The van der Waals surface area contributed by atoms with Gasteiger partial charge in [0.05, 0.1) is 6.20 Å².